The van der Waals surface area contributed by atoms with Gasteiger partial charge in [0.05, 0.1) is 11.7 Å². The summed E-state index contributed by atoms with van der Waals surface area (Å²) >= 11 is 0. The zero-order valence-corrected chi connectivity index (χ0v) is 17.2. The highest BCUT2D eigenvalue weighted by Crippen LogP contribution is 2.36. The molecule has 2 amide bonds. The molecule has 1 aromatic heterocycles. The van der Waals surface area contributed by atoms with E-state index in [0.29, 0.717) is 5.91 Å². The van der Waals surface area contributed by atoms with Crippen LogP contribution >= 0.6 is 0 Å². The van der Waals surface area contributed by atoms with Crippen LogP contribution in [-0.2, 0) is 9.59 Å². The molecule has 4 rings (SSSR count). The van der Waals surface area contributed by atoms with Crippen LogP contribution in [0.25, 0.3) is 0 Å². The number of piperazine rings is 1. The predicted molar refractivity (Wildman–Crippen MR) is 109 cm³/mol. The van der Waals surface area contributed by atoms with E-state index in [0.717, 1.165) is 69.8 Å². The molecular formula is C22H32N4O2. The number of nitrogens with zero attached hydrogens (tertiary/aromatic N) is 4. The highest BCUT2D eigenvalue weighted by molar-refractivity contribution is 5.80. The average molecular weight is 385 g/mol. The number of likely N-dealkylation sites (tertiary alicyclic amines) is 1. The Morgan fingerprint density at radius 3 is 2.36 bits per heavy atom. The van der Waals surface area contributed by atoms with Gasteiger partial charge in [-0.1, -0.05) is 12.8 Å². The fraction of sp³-hybridized carbons (Fsp3) is 0.682. The number of carbonyl (C=O) groups excluding carboxylic acids is 2. The molecule has 152 valence electrons. The predicted octanol–water partition coefficient (Wildman–Crippen LogP) is 2.91. The minimum atomic E-state index is 0.116. The Hall–Kier alpha value is -2.11. The molecule has 0 radical (unpaired) electrons. The molecule has 1 aromatic rings. The van der Waals surface area contributed by atoms with E-state index in [-0.39, 0.29) is 17.9 Å². The average Bonchev–Trinajstić information content (AvgIpc) is 3.39. The van der Waals surface area contributed by atoms with Gasteiger partial charge in [-0.2, -0.15) is 0 Å². The van der Waals surface area contributed by atoms with Crippen LogP contribution in [0.4, 0.5) is 5.69 Å². The molecule has 2 aliphatic heterocycles. The van der Waals surface area contributed by atoms with E-state index in [1.807, 2.05) is 11.8 Å². The molecule has 28 heavy (non-hydrogen) atoms. The van der Waals surface area contributed by atoms with Gasteiger partial charge < -0.3 is 14.7 Å². The molecule has 0 aromatic carbocycles. The van der Waals surface area contributed by atoms with Gasteiger partial charge in [-0.25, -0.2) is 0 Å². The molecular weight excluding hydrogens is 352 g/mol. The number of aromatic nitrogens is 1. The van der Waals surface area contributed by atoms with Crippen molar-refractivity contribution < 1.29 is 9.59 Å². The molecule has 0 N–H and O–H groups in total. The number of carbonyl (C=O) groups is 2. The van der Waals surface area contributed by atoms with E-state index in [9.17, 15) is 9.59 Å². The van der Waals surface area contributed by atoms with Crippen LogP contribution in [0.1, 0.15) is 62.9 Å². The molecule has 3 aliphatic rings. The molecule has 3 fully saturated rings. The lowest BCUT2D eigenvalue weighted by molar-refractivity contribution is -0.136. The Bertz CT molecular complexity index is 736. The SMILES string of the molecule is CC(=O)N1CCN(c2cc(C)nc(C3CCCN3C(=O)C3CCCC3)c2)CC1. The summed E-state index contributed by atoms with van der Waals surface area (Å²) in [6, 6.07) is 4.43. The maximum absolute atomic E-state index is 13.1. The monoisotopic (exact) mass is 384 g/mol. The molecule has 1 unspecified atom stereocenters. The first-order valence-electron chi connectivity index (χ1n) is 10.8. The maximum Gasteiger partial charge on any atom is 0.226 e. The van der Waals surface area contributed by atoms with Gasteiger partial charge >= 0.3 is 0 Å². The van der Waals surface area contributed by atoms with Gasteiger partial charge in [-0.3, -0.25) is 14.6 Å². The zero-order chi connectivity index (χ0) is 19.7. The van der Waals surface area contributed by atoms with E-state index in [1.165, 1.54) is 18.5 Å². The Balaban J connectivity index is 1.51. The second kappa shape index (κ2) is 8.10. The van der Waals surface area contributed by atoms with Gasteiger partial charge in [0, 0.05) is 56.9 Å². The van der Waals surface area contributed by atoms with Crippen LogP contribution in [0, 0.1) is 12.8 Å². The number of pyridine rings is 1. The van der Waals surface area contributed by atoms with Gasteiger partial charge in [0.1, 0.15) is 0 Å². The molecule has 2 saturated heterocycles. The van der Waals surface area contributed by atoms with Crippen molar-refractivity contribution in [3.63, 3.8) is 0 Å². The molecule has 6 nitrogen and oxygen atoms in total. The zero-order valence-electron chi connectivity index (χ0n) is 17.2. The molecule has 1 atom stereocenters. The second-order valence-electron chi connectivity index (χ2n) is 8.56. The summed E-state index contributed by atoms with van der Waals surface area (Å²) in [4.78, 5) is 35.8. The highest BCUT2D eigenvalue weighted by Gasteiger charge is 2.36. The summed E-state index contributed by atoms with van der Waals surface area (Å²) in [7, 11) is 0. The van der Waals surface area contributed by atoms with Crippen molar-refractivity contribution >= 4 is 17.5 Å². The van der Waals surface area contributed by atoms with Crippen molar-refractivity contribution in [1.29, 1.82) is 0 Å². The molecule has 0 bridgehead atoms. The van der Waals surface area contributed by atoms with E-state index in [2.05, 4.69) is 21.9 Å². The van der Waals surface area contributed by atoms with Gasteiger partial charge in [-0.05, 0) is 44.7 Å². The molecule has 6 heteroatoms. The largest absolute Gasteiger partial charge is 0.368 e. The number of rotatable bonds is 3. The first-order chi connectivity index (χ1) is 13.5. The fourth-order valence-corrected chi connectivity index (χ4v) is 5.05. The van der Waals surface area contributed by atoms with Crippen molar-refractivity contribution in [2.45, 2.75) is 58.4 Å². The van der Waals surface area contributed by atoms with E-state index >= 15 is 0 Å². The molecule has 1 aliphatic carbocycles. The first-order valence-corrected chi connectivity index (χ1v) is 10.8. The van der Waals surface area contributed by atoms with Crippen molar-refractivity contribution in [3.05, 3.63) is 23.5 Å². The van der Waals surface area contributed by atoms with Crippen LogP contribution in [0.15, 0.2) is 12.1 Å². The van der Waals surface area contributed by atoms with Crippen molar-refractivity contribution in [1.82, 2.24) is 14.8 Å². The summed E-state index contributed by atoms with van der Waals surface area (Å²) in [5.41, 5.74) is 3.21. The number of hydrogen-bond donors (Lipinski definition) is 0. The van der Waals surface area contributed by atoms with Crippen LogP contribution < -0.4 is 4.90 Å². The van der Waals surface area contributed by atoms with Crippen molar-refractivity contribution in [2.24, 2.45) is 5.92 Å². The lowest BCUT2D eigenvalue weighted by Crippen LogP contribution is -2.48. The third-order valence-corrected chi connectivity index (χ3v) is 6.63. The third-order valence-electron chi connectivity index (χ3n) is 6.63. The maximum atomic E-state index is 13.1. The van der Waals surface area contributed by atoms with E-state index in [4.69, 9.17) is 4.98 Å². The lowest BCUT2D eigenvalue weighted by Gasteiger charge is -2.36. The lowest BCUT2D eigenvalue weighted by atomic mass is 10.0. The van der Waals surface area contributed by atoms with E-state index in [1.54, 1.807) is 6.92 Å². The topological polar surface area (TPSA) is 56.8 Å². The van der Waals surface area contributed by atoms with Crippen LogP contribution in [-0.4, -0.2) is 59.3 Å². The second-order valence-corrected chi connectivity index (χ2v) is 8.56. The highest BCUT2D eigenvalue weighted by atomic mass is 16.2. The number of amides is 2. The van der Waals surface area contributed by atoms with Gasteiger partial charge in [0.2, 0.25) is 11.8 Å². The molecule has 3 heterocycles. The van der Waals surface area contributed by atoms with Crippen LogP contribution in [0.2, 0.25) is 0 Å². The Labute approximate surface area is 167 Å². The van der Waals surface area contributed by atoms with Crippen LogP contribution in [0.3, 0.4) is 0 Å². The van der Waals surface area contributed by atoms with Gasteiger partial charge in [0.25, 0.3) is 0 Å². The third kappa shape index (κ3) is 3.87. The van der Waals surface area contributed by atoms with E-state index < -0.39 is 0 Å². The van der Waals surface area contributed by atoms with Crippen molar-refractivity contribution in [2.75, 3.05) is 37.6 Å². The summed E-state index contributed by atoms with van der Waals surface area (Å²) in [6.45, 7) is 7.76. The standard InChI is InChI=1S/C22H32N4O2/c1-16-14-19(25-12-10-24(11-13-25)17(2)27)15-20(23-16)21-8-5-9-26(21)22(28)18-6-3-4-7-18/h14-15,18,21H,3-13H2,1-2H3. The number of anilines is 1. The smallest absolute Gasteiger partial charge is 0.226 e. The summed E-state index contributed by atoms with van der Waals surface area (Å²) in [5, 5.41) is 0. The van der Waals surface area contributed by atoms with Gasteiger partial charge in [0.15, 0.2) is 0 Å². The summed E-state index contributed by atoms with van der Waals surface area (Å²) < 4.78 is 0. The number of aryl methyl sites for hydroxylation is 1. The normalized spacial score (nSPS) is 23.5. The van der Waals surface area contributed by atoms with Gasteiger partial charge in [-0.15, -0.1) is 0 Å². The van der Waals surface area contributed by atoms with Crippen LogP contribution in [0.5, 0.6) is 0 Å². The fourth-order valence-electron chi connectivity index (χ4n) is 5.05. The van der Waals surface area contributed by atoms with Crippen molar-refractivity contribution in [3.8, 4) is 0 Å². The quantitative estimate of drug-likeness (QED) is 0.804. The first kappa shape index (κ1) is 19.2. The number of hydrogen-bond acceptors (Lipinski definition) is 4. The minimum absolute atomic E-state index is 0.116. The minimum Gasteiger partial charge on any atom is -0.368 e. The summed E-state index contributed by atoms with van der Waals surface area (Å²) in [5.74, 6) is 0.725. The molecule has 0 spiro atoms. The Kier molecular flexibility index (Phi) is 5.56. The molecule has 1 saturated carbocycles. The summed E-state index contributed by atoms with van der Waals surface area (Å²) in [6.07, 6.45) is 6.55. The Morgan fingerprint density at radius 1 is 0.964 bits per heavy atom. The Morgan fingerprint density at radius 2 is 1.68 bits per heavy atom.